The number of aryl methyl sites for hydroxylation is 1. The number of benzene rings is 3. The molecule has 2 aliphatic rings. The van der Waals surface area contributed by atoms with Crippen molar-refractivity contribution in [1.82, 2.24) is 14.7 Å². The van der Waals surface area contributed by atoms with E-state index in [0.29, 0.717) is 18.7 Å². The highest BCUT2D eigenvalue weighted by Crippen LogP contribution is 2.76. The number of fused-ring (bicyclic) bond motifs is 1. The summed E-state index contributed by atoms with van der Waals surface area (Å²) in [4.78, 5) is 15.5. The van der Waals surface area contributed by atoms with E-state index in [1.54, 1.807) is 12.1 Å². The van der Waals surface area contributed by atoms with Crippen molar-refractivity contribution in [1.29, 1.82) is 0 Å². The lowest BCUT2D eigenvalue weighted by Gasteiger charge is -2.31. The van der Waals surface area contributed by atoms with E-state index in [0.717, 1.165) is 28.1 Å². The normalized spacial score (nSPS) is 23.9. The summed E-state index contributed by atoms with van der Waals surface area (Å²) >= 11 is 0. The minimum absolute atomic E-state index is 0.0669. The van der Waals surface area contributed by atoms with E-state index in [9.17, 15) is 9.18 Å². The molecule has 4 nitrogen and oxygen atoms in total. The summed E-state index contributed by atoms with van der Waals surface area (Å²) in [5.41, 5.74) is 6.46. The number of nitrogens with zero attached hydrogens (tertiary/aromatic N) is 3. The molecule has 39 heavy (non-hydrogen) atoms. The van der Waals surface area contributed by atoms with Crippen LogP contribution in [0.1, 0.15) is 41.0 Å². The maximum atomic E-state index is 13.6. The van der Waals surface area contributed by atoms with Gasteiger partial charge in [-0.2, -0.15) is 5.10 Å². The number of hydrogen-bond donors (Lipinski definition) is 0. The van der Waals surface area contributed by atoms with Crippen LogP contribution >= 0.6 is 0 Å². The lowest BCUT2D eigenvalue weighted by Crippen LogP contribution is -2.37. The molecular formula is C34H32FN3O. The molecule has 2 heterocycles. The Kier molecular flexibility index (Phi) is 5.91. The van der Waals surface area contributed by atoms with Gasteiger partial charge in [-0.3, -0.25) is 4.79 Å². The Morgan fingerprint density at radius 1 is 1.03 bits per heavy atom. The first-order valence-electron chi connectivity index (χ1n) is 13.4. The molecule has 3 atom stereocenters. The van der Waals surface area contributed by atoms with Gasteiger partial charge >= 0.3 is 0 Å². The fraction of sp³-hybridized carbons (Fsp3) is 0.235. The van der Waals surface area contributed by atoms with Crippen molar-refractivity contribution in [3.8, 4) is 5.69 Å². The zero-order valence-corrected chi connectivity index (χ0v) is 22.6. The molecular weight excluding hydrogens is 485 g/mol. The molecule has 0 N–H and O–H groups in total. The van der Waals surface area contributed by atoms with Gasteiger partial charge in [0.1, 0.15) is 5.82 Å². The van der Waals surface area contributed by atoms with Crippen molar-refractivity contribution in [2.24, 2.45) is 11.3 Å². The molecule has 6 rings (SSSR count). The number of piperidine rings is 1. The third kappa shape index (κ3) is 3.79. The molecule has 0 spiro atoms. The van der Waals surface area contributed by atoms with Crippen molar-refractivity contribution < 1.29 is 9.18 Å². The van der Waals surface area contributed by atoms with E-state index in [1.165, 1.54) is 17.7 Å². The van der Waals surface area contributed by atoms with Gasteiger partial charge in [-0.15, -0.1) is 0 Å². The molecule has 0 unspecified atom stereocenters. The number of likely N-dealkylation sites (tertiary alicyclic amines) is 1. The Labute approximate surface area is 229 Å². The zero-order chi connectivity index (χ0) is 27.4. The second-order valence-electron chi connectivity index (χ2n) is 11.1. The number of aromatic nitrogens is 2. The molecule has 196 valence electrons. The van der Waals surface area contributed by atoms with Crippen LogP contribution < -0.4 is 0 Å². The topological polar surface area (TPSA) is 38.1 Å². The van der Waals surface area contributed by atoms with Crippen LogP contribution in [0.25, 0.3) is 11.8 Å². The van der Waals surface area contributed by atoms with Crippen LogP contribution in [-0.2, 0) is 5.41 Å². The van der Waals surface area contributed by atoms with Crippen LogP contribution in [0, 0.1) is 24.1 Å². The average molecular weight is 518 g/mol. The Morgan fingerprint density at radius 2 is 1.67 bits per heavy atom. The third-order valence-corrected chi connectivity index (χ3v) is 9.10. The van der Waals surface area contributed by atoms with Gasteiger partial charge in [-0.1, -0.05) is 62.0 Å². The van der Waals surface area contributed by atoms with E-state index in [1.807, 2.05) is 59.1 Å². The molecule has 0 bridgehead atoms. The molecule has 1 saturated carbocycles. The van der Waals surface area contributed by atoms with E-state index < -0.39 is 0 Å². The monoisotopic (exact) mass is 517 g/mol. The first-order valence-corrected chi connectivity index (χ1v) is 13.4. The zero-order valence-electron chi connectivity index (χ0n) is 22.6. The lowest BCUT2D eigenvalue weighted by atomic mass is 9.80. The molecule has 2 fully saturated rings. The molecule has 5 heteroatoms. The minimum Gasteiger partial charge on any atom is -0.337 e. The van der Waals surface area contributed by atoms with Gasteiger partial charge in [-0.25, -0.2) is 9.07 Å². The molecule has 1 amide bonds. The van der Waals surface area contributed by atoms with Gasteiger partial charge in [0.2, 0.25) is 0 Å². The predicted octanol–water partition coefficient (Wildman–Crippen LogP) is 7.01. The van der Waals surface area contributed by atoms with Gasteiger partial charge in [0.25, 0.3) is 5.91 Å². The van der Waals surface area contributed by atoms with Crippen LogP contribution in [0.15, 0.2) is 109 Å². The van der Waals surface area contributed by atoms with E-state index >= 15 is 0 Å². The number of allylic oxidation sites excluding steroid dienone is 1. The standard InChI is InChI=1S/C34H32FN3O/c1-23(19-30-24(2)20-36-38(30)29-17-15-28(35)16-18-29)25(3)34-22-37(32(39)26-11-7-5-8-12-26)21-31(34)33(34,4)27-13-9-6-10-14-27/h5-20,31H,3,21-22H2,1-2,4H3/b23-19-/t31-,33-,34+/m0/s1. The largest absolute Gasteiger partial charge is 0.337 e. The number of carbonyl (C=O) groups excluding carboxylic acids is 1. The summed E-state index contributed by atoms with van der Waals surface area (Å²) in [6.45, 7) is 12.4. The lowest BCUT2D eigenvalue weighted by molar-refractivity contribution is 0.0755. The van der Waals surface area contributed by atoms with Gasteiger partial charge in [0.15, 0.2) is 0 Å². The molecule has 1 saturated heterocycles. The van der Waals surface area contributed by atoms with Crippen LogP contribution in [0.2, 0.25) is 0 Å². The van der Waals surface area contributed by atoms with Crippen molar-refractivity contribution >= 4 is 12.0 Å². The van der Waals surface area contributed by atoms with Gasteiger partial charge in [0.05, 0.1) is 17.6 Å². The summed E-state index contributed by atoms with van der Waals surface area (Å²) in [5.74, 6) is 0.0513. The maximum absolute atomic E-state index is 13.6. The predicted molar refractivity (Wildman–Crippen MR) is 153 cm³/mol. The summed E-state index contributed by atoms with van der Waals surface area (Å²) in [7, 11) is 0. The van der Waals surface area contributed by atoms with Crippen LogP contribution in [0.5, 0.6) is 0 Å². The number of rotatable bonds is 6. The minimum atomic E-state index is -0.279. The fourth-order valence-corrected chi connectivity index (χ4v) is 6.82. The Hall–Kier alpha value is -4.25. The number of amides is 1. The van der Waals surface area contributed by atoms with Crippen molar-refractivity contribution in [2.75, 3.05) is 13.1 Å². The molecule has 1 aliphatic carbocycles. The van der Waals surface area contributed by atoms with E-state index in [-0.39, 0.29) is 28.5 Å². The van der Waals surface area contributed by atoms with Crippen LogP contribution in [0.4, 0.5) is 4.39 Å². The molecule has 1 aliphatic heterocycles. The first kappa shape index (κ1) is 25.1. The summed E-state index contributed by atoms with van der Waals surface area (Å²) in [6.07, 6.45) is 3.96. The highest BCUT2D eigenvalue weighted by molar-refractivity contribution is 5.95. The van der Waals surface area contributed by atoms with Gasteiger partial charge in [-0.05, 0) is 84.5 Å². The Morgan fingerprint density at radius 3 is 2.33 bits per heavy atom. The van der Waals surface area contributed by atoms with E-state index in [2.05, 4.69) is 55.9 Å². The van der Waals surface area contributed by atoms with Gasteiger partial charge in [0, 0.05) is 29.5 Å². The Balaban J connectivity index is 1.38. The third-order valence-electron chi connectivity index (χ3n) is 9.10. The molecule has 1 aromatic heterocycles. The summed E-state index contributed by atoms with van der Waals surface area (Å²) in [6, 6.07) is 26.5. The maximum Gasteiger partial charge on any atom is 0.253 e. The first-order chi connectivity index (χ1) is 18.8. The number of hydrogen-bond acceptors (Lipinski definition) is 2. The summed E-state index contributed by atoms with van der Waals surface area (Å²) in [5, 5.41) is 4.57. The summed E-state index contributed by atoms with van der Waals surface area (Å²) < 4.78 is 15.4. The van der Waals surface area contributed by atoms with Crippen LogP contribution in [-0.4, -0.2) is 33.7 Å². The quantitative estimate of drug-likeness (QED) is 0.258. The number of halogens is 1. The van der Waals surface area contributed by atoms with Crippen molar-refractivity contribution in [2.45, 2.75) is 26.2 Å². The molecule has 4 aromatic rings. The highest BCUT2D eigenvalue weighted by atomic mass is 19.1. The highest BCUT2D eigenvalue weighted by Gasteiger charge is 2.78. The van der Waals surface area contributed by atoms with Crippen molar-refractivity contribution in [3.63, 3.8) is 0 Å². The smallest absolute Gasteiger partial charge is 0.253 e. The van der Waals surface area contributed by atoms with Gasteiger partial charge < -0.3 is 4.90 Å². The van der Waals surface area contributed by atoms with Crippen molar-refractivity contribution in [3.05, 3.63) is 137 Å². The number of carbonyl (C=O) groups is 1. The van der Waals surface area contributed by atoms with Crippen LogP contribution in [0.3, 0.4) is 0 Å². The fourth-order valence-electron chi connectivity index (χ4n) is 6.82. The molecule has 0 radical (unpaired) electrons. The Bertz CT molecular complexity index is 1590. The molecule has 3 aromatic carbocycles. The second kappa shape index (κ2) is 9.19. The van der Waals surface area contributed by atoms with E-state index in [4.69, 9.17) is 0 Å². The average Bonchev–Trinajstić information content (AvgIpc) is 3.26. The second-order valence-corrected chi connectivity index (χ2v) is 11.1. The SMILES string of the molecule is C=C(/C(C)=C\c1c(C)cnn1-c1ccc(F)cc1)[C@]12CN(C(=O)c3ccccc3)C[C@H]1[C@]2(C)c1ccccc1.